The van der Waals surface area contributed by atoms with E-state index in [1.54, 1.807) is 0 Å². The quantitative estimate of drug-likeness (QED) is 0.351. The van der Waals surface area contributed by atoms with Crippen LogP contribution in [0.4, 0.5) is 0 Å². The Balaban J connectivity index is 2.10. The van der Waals surface area contributed by atoms with Gasteiger partial charge in [0.05, 0.1) is 12.3 Å². The summed E-state index contributed by atoms with van der Waals surface area (Å²) in [6, 6.07) is 0. The van der Waals surface area contributed by atoms with E-state index in [1.165, 1.54) is 0 Å². The molecule has 1 unspecified atom stereocenters. The van der Waals surface area contributed by atoms with Gasteiger partial charge in [0, 0.05) is 0 Å². The number of hydrogen-bond donors (Lipinski definition) is 0. The molecule has 0 aliphatic carbocycles. The largest absolute Gasteiger partial charge is 0.393 e. The third kappa shape index (κ3) is 3.37. The molecule has 1 fully saturated rings. The molecule has 0 aromatic rings. The highest BCUT2D eigenvalue weighted by Crippen LogP contribution is 2.08. The minimum absolute atomic E-state index is 0.304. The molecule has 0 spiro atoms. The third-order valence-electron chi connectivity index (χ3n) is 1.71. The lowest BCUT2D eigenvalue weighted by atomic mass is 10.1. The maximum atomic E-state index is 5.04. The van der Waals surface area contributed by atoms with Gasteiger partial charge in [0.15, 0.2) is 0 Å². The topological polar surface area (TPSA) is 34.1 Å². The smallest absolute Gasteiger partial charge is 0.145 e. The van der Waals surface area contributed by atoms with Crippen LogP contribution >= 0.6 is 0 Å². The molecule has 0 radical (unpaired) electrons. The molecule has 1 atom stereocenters. The van der Waals surface area contributed by atoms with Crippen LogP contribution in [0.5, 0.6) is 0 Å². The summed E-state index contributed by atoms with van der Waals surface area (Å²) in [7, 11) is 0. The number of epoxide rings is 1. The lowest BCUT2D eigenvalue weighted by molar-refractivity contribution is 0.123. The summed E-state index contributed by atoms with van der Waals surface area (Å²) in [4.78, 5) is 5.04. The van der Waals surface area contributed by atoms with E-state index in [9.17, 15) is 0 Å². The zero-order valence-electron chi connectivity index (χ0n) is 7.33. The van der Waals surface area contributed by atoms with Gasteiger partial charge in [0.1, 0.15) is 12.7 Å². The molecular formula is C8H15NO2. The predicted molar refractivity (Wildman–Crippen MR) is 43.6 cm³/mol. The molecule has 11 heavy (non-hydrogen) atoms. The van der Waals surface area contributed by atoms with E-state index in [0.717, 1.165) is 12.3 Å². The van der Waals surface area contributed by atoms with Gasteiger partial charge in [-0.25, -0.2) is 0 Å². The number of rotatable bonds is 4. The van der Waals surface area contributed by atoms with Gasteiger partial charge in [0.2, 0.25) is 0 Å². The summed E-state index contributed by atoms with van der Waals surface area (Å²) in [5, 5.41) is 3.94. The van der Waals surface area contributed by atoms with Crippen molar-refractivity contribution in [2.24, 2.45) is 11.1 Å². The van der Waals surface area contributed by atoms with Crippen LogP contribution in [-0.4, -0.2) is 25.0 Å². The maximum absolute atomic E-state index is 5.04. The molecule has 0 aromatic carbocycles. The van der Waals surface area contributed by atoms with Gasteiger partial charge in [-0.2, -0.15) is 0 Å². The summed E-state index contributed by atoms with van der Waals surface area (Å²) in [6.45, 7) is 7.59. The average Bonchev–Trinajstić information content (AvgIpc) is 2.71. The van der Waals surface area contributed by atoms with Crippen molar-refractivity contribution in [1.82, 2.24) is 0 Å². The first kappa shape index (κ1) is 8.53. The molecule has 64 valence electrons. The van der Waals surface area contributed by atoms with E-state index in [0.29, 0.717) is 18.6 Å². The summed E-state index contributed by atoms with van der Waals surface area (Å²) >= 11 is 0. The highest BCUT2D eigenvalue weighted by molar-refractivity contribution is 5.83. The summed E-state index contributed by atoms with van der Waals surface area (Å²) in [6.07, 6.45) is 0.304. The van der Waals surface area contributed by atoms with Gasteiger partial charge < -0.3 is 9.57 Å². The molecule has 0 amide bonds. The molecule has 0 N–H and O–H groups in total. The Bertz CT molecular complexity index is 150. The summed E-state index contributed by atoms with van der Waals surface area (Å²) in [5.74, 6) is 0.468. The lowest BCUT2D eigenvalue weighted by Crippen LogP contribution is -2.04. The van der Waals surface area contributed by atoms with Gasteiger partial charge in [-0.15, -0.1) is 0 Å². The molecule has 1 rings (SSSR count). The van der Waals surface area contributed by atoms with Gasteiger partial charge >= 0.3 is 0 Å². The first-order valence-electron chi connectivity index (χ1n) is 3.98. The summed E-state index contributed by atoms with van der Waals surface area (Å²) < 4.78 is 4.96. The second kappa shape index (κ2) is 3.72. The number of ether oxygens (including phenoxy) is 1. The molecule has 3 nitrogen and oxygen atoms in total. The minimum atomic E-state index is 0.304. The van der Waals surface area contributed by atoms with Gasteiger partial charge in [-0.1, -0.05) is 19.0 Å². The number of hydrogen-bond acceptors (Lipinski definition) is 3. The molecule has 3 heteroatoms. The van der Waals surface area contributed by atoms with Crippen molar-refractivity contribution in [2.45, 2.75) is 26.9 Å². The Labute approximate surface area is 67.4 Å². The van der Waals surface area contributed by atoms with E-state index in [-0.39, 0.29) is 0 Å². The average molecular weight is 157 g/mol. The highest BCUT2D eigenvalue weighted by Gasteiger charge is 2.23. The Hall–Kier alpha value is -0.570. The van der Waals surface area contributed by atoms with E-state index < -0.39 is 0 Å². The van der Waals surface area contributed by atoms with E-state index >= 15 is 0 Å². The standard InChI is InChI=1S/C8H15NO2/c1-6(2)7(3)9-11-5-8-4-10-8/h6,8H,4-5H2,1-3H3/b9-7+. The van der Waals surface area contributed by atoms with Gasteiger partial charge in [-0.3, -0.25) is 0 Å². The van der Waals surface area contributed by atoms with Crippen molar-refractivity contribution in [3.63, 3.8) is 0 Å². The minimum Gasteiger partial charge on any atom is -0.393 e. The number of oxime groups is 1. The SMILES string of the molecule is C/C(=N\OCC1CO1)C(C)C. The van der Waals surface area contributed by atoms with Crippen molar-refractivity contribution >= 4 is 5.71 Å². The molecule has 0 bridgehead atoms. The molecule has 0 saturated carbocycles. The third-order valence-corrected chi connectivity index (χ3v) is 1.71. The normalized spacial score (nSPS) is 24.0. The fraction of sp³-hybridized carbons (Fsp3) is 0.875. The highest BCUT2D eigenvalue weighted by atomic mass is 16.7. The summed E-state index contributed by atoms with van der Waals surface area (Å²) in [5.41, 5.74) is 1.03. The van der Waals surface area contributed by atoms with Crippen molar-refractivity contribution in [2.75, 3.05) is 13.2 Å². The second-order valence-corrected chi connectivity index (χ2v) is 3.14. The van der Waals surface area contributed by atoms with Gasteiger partial charge in [0.25, 0.3) is 0 Å². The van der Waals surface area contributed by atoms with Crippen molar-refractivity contribution in [1.29, 1.82) is 0 Å². The fourth-order valence-electron chi connectivity index (χ4n) is 0.492. The molecular weight excluding hydrogens is 142 g/mol. The van der Waals surface area contributed by atoms with E-state index in [4.69, 9.17) is 9.57 Å². The van der Waals surface area contributed by atoms with E-state index in [1.807, 2.05) is 6.92 Å². The monoisotopic (exact) mass is 157 g/mol. The molecule has 1 saturated heterocycles. The van der Waals surface area contributed by atoms with Crippen LogP contribution in [0.1, 0.15) is 20.8 Å². The van der Waals surface area contributed by atoms with Crippen molar-refractivity contribution in [3.8, 4) is 0 Å². The molecule has 0 aromatic heterocycles. The maximum Gasteiger partial charge on any atom is 0.145 e. The zero-order chi connectivity index (χ0) is 8.27. The first-order chi connectivity index (χ1) is 5.20. The van der Waals surface area contributed by atoms with Crippen LogP contribution in [0.3, 0.4) is 0 Å². The van der Waals surface area contributed by atoms with Crippen molar-refractivity contribution in [3.05, 3.63) is 0 Å². The van der Waals surface area contributed by atoms with E-state index in [2.05, 4.69) is 19.0 Å². The molecule has 1 heterocycles. The Morgan fingerprint density at radius 1 is 1.73 bits per heavy atom. The Morgan fingerprint density at radius 3 is 2.82 bits per heavy atom. The Morgan fingerprint density at radius 2 is 2.36 bits per heavy atom. The first-order valence-corrected chi connectivity index (χ1v) is 3.98. The van der Waals surface area contributed by atoms with Crippen LogP contribution in [-0.2, 0) is 9.57 Å². The van der Waals surface area contributed by atoms with Gasteiger partial charge in [-0.05, 0) is 12.8 Å². The van der Waals surface area contributed by atoms with Crippen LogP contribution in [0.15, 0.2) is 5.16 Å². The lowest BCUT2D eigenvalue weighted by Gasteiger charge is -2.02. The van der Waals surface area contributed by atoms with Crippen LogP contribution in [0.2, 0.25) is 0 Å². The molecule has 1 aliphatic rings. The van der Waals surface area contributed by atoms with Crippen LogP contribution < -0.4 is 0 Å². The number of nitrogens with zero attached hydrogens (tertiary/aromatic N) is 1. The second-order valence-electron chi connectivity index (χ2n) is 3.14. The Kier molecular flexibility index (Phi) is 2.88. The molecule has 1 aliphatic heterocycles. The van der Waals surface area contributed by atoms with Crippen LogP contribution in [0.25, 0.3) is 0 Å². The predicted octanol–water partition coefficient (Wildman–Crippen LogP) is 1.43. The van der Waals surface area contributed by atoms with Crippen LogP contribution in [0, 0.1) is 5.92 Å². The zero-order valence-corrected chi connectivity index (χ0v) is 7.33. The fourth-order valence-corrected chi connectivity index (χ4v) is 0.492. The van der Waals surface area contributed by atoms with Crippen molar-refractivity contribution < 1.29 is 9.57 Å².